The predicted molar refractivity (Wildman–Crippen MR) is 85.9 cm³/mol. The Hall–Kier alpha value is -1.29. The molecule has 0 saturated carbocycles. The third-order valence-electron chi connectivity index (χ3n) is 3.06. The molecule has 1 aromatic carbocycles. The minimum atomic E-state index is 0.620. The van der Waals surface area contributed by atoms with Crippen molar-refractivity contribution in [1.29, 1.82) is 0 Å². The van der Waals surface area contributed by atoms with Gasteiger partial charge in [0.25, 0.3) is 0 Å². The number of H-pyrrole nitrogens is 1. The van der Waals surface area contributed by atoms with Gasteiger partial charge in [-0.2, -0.15) is 0 Å². The summed E-state index contributed by atoms with van der Waals surface area (Å²) >= 11 is 14.2. The van der Waals surface area contributed by atoms with Crippen LogP contribution in [0.25, 0.3) is 11.3 Å². The van der Waals surface area contributed by atoms with Crippen LogP contribution in [-0.4, -0.2) is 9.97 Å². The minimum Gasteiger partial charge on any atom is -0.345 e. The minimum absolute atomic E-state index is 0.620. The van der Waals surface area contributed by atoms with E-state index in [1.807, 2.05) is 31.2 Å². The summed E-state index contributed by atoms with van der Waals surface area (Å²) in [7, 11) is 0. The van der Waals surface area contributed by atoms with Gasteiger partial charge in [0.05, 0.1) is 15.7 Å². The molecule has 0 unspecified atom stereocenters. The van der Waals surface area contributed by atoms with Gasteiger partial charge in [-0.1, -0.05) is 35.3 Å². The Labute approximate surface area is 131 Å². The SMILES string of the molecule is Cc1[nH]c(Cc2cccs2)nc1-c1c(Cl)cccc1Cl. The lowest BCUT2D eigenvalue weighted by molar-refractivity contribution is 1.03. The number of rotatable bonds is 3. The number of imidazole rings is 1. The van der Waals surface area contributed by atoms with Crippen LogP contribution >= 0.6 is 34.5 Å². The maximum Gasteiger partial charge on any atom is 0.112 e. The summed E-state index contributed by atoms with van der Waals surface area (Å²) < 4.78 is 0. The summed E-state index contributed by atoms with van der Waals surface area (Å²) in [6.07, 6.45) is 0.792. The Balaban J connectivity index is 2.01. The third kappa shape index (κ3) is 2.62. The molecule has 0 amide bonds. The van der Waals surface area contributed by atoms with Gasteiger partial charge in [-0.3, -0.25) is 0 Å². The van der Waals surface area contributed by atoms with Crippen LogP contribution < -0.4 is 0 Å². The van der Waals surface area contributed by atoms with E-state index in [0.717, 1.165) is 29.2 Å². The van der Waals surface area contributed by atoms with Crippen LogP contribution in [0, 0.1) is 6.92 Å². The second-order valence-electron chi connectivity index (χ2n) is 4.51. The smallest absolute Gasteiger partial charge is 0.112 e. The molecule has 3 aromatic rings. The number of aromatic amines is 1. The molecule has 3 rings (SSSR count). The topological polar surface area (TPSA) is 28.7 Å². The molecule has 2 nitrogen and oxygen atoms in total. The average Bonchev–Trinajstić information content (AvgIpc) is 3.01. The molecule has 20 heavy (non-hydrogen) atoms. The van der Waals surface area contributed by atoms with Crippen molar-refractivity contribution in [3.05, 3.63) is 62.2 Å². The molecule has 0 spiro atoms. The zero-order valence-electron chi connectivity index (χ0n) is 10.8. The molecule has 0 fully saturated rings. The standard InChI is InChI=1S/C15H12Cl2N2S/c1-9-15(14-11(16)5-2-6-12(14)17)19-13(18-9)8-10-4-3-7-20-10/h2-7H,8H2,1H3,(H,18,19). The van der Waals surface area contributed by atoms with Crippen molar-refractivity contribution in [2.24, 2.45) is 0 Å². The Morgan fingerprint density at radius 1 is 1.15 bits per heavy atom. The Kier molecular flexibility index (Phi) is 3.83. The van der Waals surface area contributed by atoms with E-state index in [2.05, 4.69) is 21.4 Å². The second kappa shape index (κ2) is 5.60. The lowest BCUT2D eigenvalue weighted by Crippen LogP contribution is -1.88. The van der Waals surface area contributed by atoms with Gasteiger partial charge >= 0.3 is 0 Å². The van der Waals surface area contributed by atoms with Crippen molar-refractivity contribution in [2.75, 3.05) is 0 Å². The number of nitrogens with zero attached hydrogens (tertiary/aromatic N) is 1. The maximum absolute atomic E-state index is 6.25. The van der Waals surface area contributed by atoms with E-state index in [0.29, 0.717) is 10.0 Å². The number of aromatic nitrogens is 2. The molecule has 2 aromatic heterocycles. The van der Waals surface area contributed by atoms with Crippen LogP contribution in [0.2, 0.25) is 10.0 Å². The van der Waals surface area contributed by atoms with Gasteiger partial charge in [0.2, 0.25) is 0 Å². The van der Waals surface area contributed by atoms with E-state index < -0.39 is 0 Å². The van der Waals surface area contributed by atoms with E-state index in [1.54, 1.807) is 11.3 Å². The fraction of sp³-hybridized carbons (Fsp3) is 0.133. The fourth-order valence-corrected chi connectivity index (χ4v) is 3.44. The Morgan fingerprint density at radius 3 is 2.55 bits per heavy atom. The highest BCUT2D eigenvalue weighted by Gasteiger charge is 2.15. The zero-order valence-corrected chi connectivity index (χ0v) is 13.1. The van der Waals surface area contributed by atoms with Crippen LogP contribution in [0.4, 0.5) is 0 Å². The molecule has 0 saturated heterocycles. The molecule has 2 heterocycles. The highest BCUT2D eigenvalue weighted by molar-refractivity contribution is 7.09. The monoisotopic (exact) mass is 322 g/mol. The predicted octanol–water partition coefficient (Wildman–Crippen LogP) is 5.34. The van der Waals surface area contributed by atoms with Gasteiger partial charge in [0.1, 0.15) is 5.82 Å². The Morgan fingerprint density at radius 2 is 1.90 bits per heavy atom. The highest BCUT2D eigenvalue weighted by atomic mass is 35.5. The summed E-state index contributed by atoms with van der Waals surface area (Å²) in [5, 5.41) is 3.31. The van der Waals surface area contributed by atoms with Gasteiger partial charge in [-0.05, 0) is 30.5 Å². The molecule has 1 N–H and O–H groups in total. The molecular formula is C15H12Cl2N2S. The summed E-state index contributed by atoms with van der Waals surface area (Å²) in [6, 6.07) is 9.64. The number of thiophene rings is 1. The summed E-state index contributed by atoms with van der Waals surface area (Å²) in [5.41, 5.74) is 2.60. The van der Waals surface area contributed by atoms with Gasteiger partial charge < -0.3 is 4.98 Å². The molecule has 5 heteroatoms. The number of benzene rings is 1. The van der Waals surface area contributed by atoms with Crippen molar-refractivity contribution in [3.8, 4) is 11.3 Å². The molecule has 0 bridgehead atoms. The molecule has 0 aliphatic heterocycles. The van der Waals surface area contributed by atoms with Crippen molar-refractivity contribution < 1.29 is 0 Å². The van der Waals surface area contributed by atoms with Crippen LogP contribution in [-0.2, 0) is 6.42 Å². The van der Waals surface area contributed by atoms with Gasteiger partial charge in [-0.15, -0.1) is 11.3 Å². The van der Waals surface area contributed by atoms with Gasteiger partial charge in [-0.25, -0.2) is 4.98 Å². The lowest BCUT2D eigenvalue weighted by atomic mass is 10.1. The van der Waals surface area contributed by atoms with Crippen molar-refractivity contribution in [3.63, 3.8) is 0 Å². The number of halogens is 2. The van der Waals surface area contributed by atoms with Crippen LogP contribution in [0.15, 0.2) is 35.7 Å². The van der Waals surface area contributed by atoms with E-state index in [9.17, 15) is 0 Å². The molecule has 0 aliphatic carbocycles. The first-order valence-electron chi connectivity index (χ1n) is 6.17. The molecular weight excluding hydrogens is 311 g/mol. The normalized spacial score (nSPS) is 10.9. The van der Waals surface area contributed by atoms with Crippen LogP contribution in [0.1, 0.15) is 16.4 Å². The van der Waals surface area contributed by atoms with Gasteiger partial charge in [0, 0.05) is 22.6 Å². The quantitative estimate of drug-likeness (QED) is 0.692. The third-order valence-corrected chi connectivity index (χ3v) is 4.56. The lowest BCUT2D eigenvalue weighted by Gasteiger charge is -2.04. The Bertz CT molecular complexity index is 712. The second-order valence-corrected chi connectivity index (χ2v) is 6.36. The number of aryl methyl sites for hydroxylation is 1. The molecule has 102 valence electrons. The fourth-order valence-electron chi connectivity index (χ4n) is 2.15. The first-order valence-corrected chi connectivity index (χ1v) is 7.81. The number of hydrogen-bond donors (Lipinski definition) is 1. The highest BCUT2D eigenvalue weighted by Crippen LogP contribution is 2.35. The van der Waals surface area contributed by atoms with Crippen molar-refractivity contribution in [2.45, 2.75) is 13.3 Å². The van der Waals surface area contributed by atoms with E-state index in [-0.39, 0.29) is 0 Å². The number of nitrogens with one attached hydrogen (secondary N) is 1. The molecule has 0 atom stereocenters. The van der Waals surface area contributed by atoms with Gasteiger partial charge in [0.15, 0.2) is 0 Å². The first kappa shape index (κ1) is 13.7. The summed E-state index contributed by atoms with van der Waals surface area (Å²) in [6.45, 7) is 1.99. The summed E-state index contributed by atoms with van der Waals surface area (Å²) in [4.78, 5) is 9.25. The maximum atomic E-state index is 6.25. The van der Waals surface area contributed by atoms with Crippen molar-refractivity contribution >= 4 is 34.5 Å². The largest absolute Gasteiger partial charge is 0.345 e. The molecule has 0 radical (unpaired) electrons. The van der Waals surface area contributed by atoms with E-state index in [4.69, 9.17) is 23.2 Å². The average molecular weight is 323 g/mol. The number of hydrogen-bond acceptors (Lipinski definition) is 2. The zero-order chi connectivity index (χ0) is 14.1. The van der Waals surface area contributed by atoms with Crippen LogP contribution in [0.5, 0.6) is 0 Å². The van der Waals surface area contributed by atoms with E-state index in [1.165, 1.54) is 4.88 Å². The van der Waals surface area contributed by atoms with E-state index >= 15 is 0 Å². The first-order chi connectivity index (χ1) is 9.65. The molecule has 0 aliphatic rings. The van der Waals surface area contributed by atoms with Crippen molar-refractivity contribution in [1.82, 2.24) is 9.97 Å². The summed E-state index contributed by atoms with van der Waals surface area (Å²) in [5.74, 6) is 0.927. The van der Waals surface area contributed by atoms with Crippen LogP contribution in [0.3, 0.4) is 0 Å².